The molecule has 0 fully saturated rings. The fraction of sp³-hybridized carbons (Fsp3) is 0.529. The van der Waals surface area contributed by atoms with Crippen LogP contribution in [0.15, 0.2) is 29.2 Å². The van der Waals surface area contributed by atoms with Crippen molar-refractivity contribution in [3.8, 4) is 5.75 Å². The molecule has 0 aliphatic heterocycles. The Kier molecular flexibility index (Phi) is 7.41. The van der Waals surface area contributed by atoms with E-state index in [0.717, 1.165) is 6.26 Å². The van der Waals surface area contributed by atoms with Crippen molar-refractivity contribution >= 4 is 21.7 Å². The lowest BCUT2D eigenvalue weighted by Crippen LogP contribution is -2.52. The molecule has 2 N–H and O–H groups in total. The molecular formula is C17H25NO6S. The van der Waals surface area contributed by atoms with Gasteiger partial charge in [0.05, 0.1) is 11.5 Å². The summed E-state index contributed by atoms with van der Waals surface area (Å²) in [6, 6.07) is 6.03. The zero-order valence-corrected chi connectivity index (χ0v) is 15.6. The van der Waals surface area contributed by atoms with Crippen molar-refractivity contribution in [2.24, 2.45) is 0 Å². The number of carboxylic acids is 1. The molecule has 0 saturated heterocycles. The maximum Gasteiger partial charge on any atom is 0.329 e. The lowest BCUT2D eigenvalue weighted by atomic mass is 9.96. The number of hydrogen-bond acceptors (Lipinski definition) is 5. The summed E-state index contributed by atoms with van der Waals surface area (Å²) in [5.74, 6) is -0.881. The van der Waals surface area contributed by atoms with Crippen LogP contribution in [0.5, 0.6) is 5.75 Å². The molecule has 8 heteroatoms. The van der Waals surface area contributed by atoms with E-state index in [4.69, 9.17) is 4.74 Å². The maximum absolute atomic E-state index is 11.9. The van der Waals surface area contributed by atoms with Crippen molar-refractivity contribution in [2.45, 2.75) is 50.0 Å². The first kappa shape index (κ1) is 21.0. The second kappa shape index (κ2) is 8.84. The average molecular weight is 371 g/mol. The summed E-state index contributed by atoms with van der Waals surface area (Å²) in [6.45, 7) is 3.62. The molecule has 1 aromatic rings. The van der Waals surface area contributed by atoms with Gasteiger partial charge >= 0.3 is 5.97 Å². The third-order valence-corrected chi connectivity index (χ3v) is 4.83. The summed E-state index contributed by atoms with van der Waals surface area (Å²) in [5.41, 5.74) is -1.26. The molecule has 140 valence electrons. The zero-order chi connectivity index (χ0) is 19.1. The predicted octanol–water partition coefficient (Wildman–Crippen LogP) is 2.01. The van der Waals surface area contributed by atoms with E-state index in [9.17, 15) is 23.1 Å². The van der Waals surface area contributed by atoms with Crippen molar-refractivity contribution in [3.05, 3.63) is 24.3 Å². The molecule has 1 rings (SSSR count). The van der Waals surface area contributed by atoms with Crippen molar-refractivity contribution in [1.29, 1.82) is 0 Å². The molecular weight excluding hydrogens is 346 g/mol. The molecule has 0 saturated carbocycles. The lowest BCUT2D eigenvalue weighted by Gasteiger charge is -2.25. The van der Waals surface area contributed by atoms with Crippen LogP contribution in [0.4, 0.5) is 0 Å². The van der Waals surface area contributed by atoms with E-state index in [2.05, 4.69) is 5.32 Å². The van der Waals surface area contributed by atoms with Gasteiger partial charge in [-0.2, -0.15) is 0 Å². The highest BCUT2D eigenvalue weighted by Gasteiger charge is 2.33. The molecule has 0 radical (unpaired) electrons. The van der Waals surface area contributed by atoms with Gasteiger partial charge in [-0.15, -0.1) is 0 Å². The minimum absolute atomic E-state index is 0.147. The van der Waals surface area contributed by atoms with Gasteiger partial charge in [0.25, 0.3) is 0 Å². The Morgan fingerprint density at radius 2 is 1.84 bits per heavy atom. The number of carboxylic acid groups (broad SMARTS) is 1. The molecule has 25 heavy (non-hydrogen) atoms. The number of rotatable bonds is 10. The van der Waals surface area contributed by atoms with Gasteiger partial charge in [0, 0.05) is 12.7 Å². The Bertz CT molecular complexity index is 698. The molecule has 0 bridgehead atoms. The molecule has 0 heterocycles. The number of nitrogens with one attached hydrogen (secondary N) is 1. The molecule has 0 aliphatic rings. The number of carbonyl (C=O) groups excluding carboxylic acids is 1. The minimum atomic E-state index is -3.24. The van der Waals surface area contributed by atoms with Gasteiger partial charge < -0.3 is 15.2 Å². The first-order chi connectivity index (χ1) is 11.6. The van der Waals surface area contributed by atoms with Gasteiger partial charge in [-0.1, -0.05) is 13.3 Å². The molecule has 0 aliphatic carbocycles. The Morgan fingerprint density at radius 1 is 1.24 bits per heavy atom. The third kappa shape index (κ3) is 6.74. The van der Waals surface area contributed by atoms with Crippen LogP contribution in [-0.2, 0) is 19.4 Å². The number of aliphatic carboxylic acids is 1. The SMILES string of the molecule is CCC[C@@](C)(NC(=O)CCCOc1ccc(S(C)(=O)=O)cc1)C(=O)O. The van der Waals surface area contributed by atoms with Crippen molar-refractivity contribution in [1.82, 2.24) is 5.32 Å². The van der Waals surface area contributed by atoms with E-state index in [0.29, 0.717) is 25.0 Å². The topological polar surface area (TPSA) is 110 Å². The molecule has 0 spiro atoms. The zero-order valence-electron chi connectivity index (χ0n) is 14.7. The van der Waals surface area contributed by atoms with Gasteiger partial charge in [-0.3, -0.25) is 4.79 Å². The monoisotopic (exact) mass is 371 g/mol. The van der Waals surface area contributed by atoms with Crippen LogP contribution in [-0.4, -0.2) is 43.8 Å². The molecule has 7 nitrogen and oxygen atoms in total. The fourth-order valence-corrected chi connectivity index (χ4v) is 2.93. The Morgan fingerprint density at radius 3 is 2.32 bits per heavy atom. The molecule has 1 amide bonds. The van der Waals surface area contributed by atoms with Crippen LogP contribution in [0.2, 0.25) is 0 Å². The number of amides is 1. The van der Waals surface area contributed by atoms with E-state index in [1.165, 1.54) is 19.1 Å². The first-order valence-electron chi connectivity index (χ1n) is 8.06. The molecule has 1 atom stereocenters. The number of sulfone groups is 1. The summed E-state index contributed by atoms with van der Waals surface area (Å²) >= 11 is 0. The maximum atomic E-state index is 11.9. The first-order valence-corrected chi connectivity index (χ1v) is 9.95. The average Bonchev–Trinajstić information content (AvgIpc) is 2.51. The van der Waals surface area contributed by atoms with E-state index in [-0.39, 0.29) is 23.8 Å². The number of benzene rings is 1. The quantitative estimate of drug-likeness (QED) is 0.609. The number of hydrogen-bond donors (Lipinski definition) is 2. The smallest absolute Gasteiger partial charge is 0.329 e. The summed E-state index contributed by atoms with van der Waals surface area (Å²) in [7, 11) is -3.24. The summed E-state index contributed by atoms with van der Waals surface area (Å²) < 4.78 is 28.2. The van der Waals surface area contributed by atoms with Crippen molar-refractivity contribution in [2.75, 3.05) is 12.9 Å². The molecule has 0 unspecified atom stereocenters. The van der Waals surface area contributed by atoms with E-state index >= 15 is 0 Å². The Balaban J connectivity index is 2.42. The molecule has 0 aromatic heterocycles. The number of ether oxygens (including phenoxy) is 1. The van der Waals surface area contributed by atoms with Gasteiger partial charge in [0.2, 0.25) is 5.91 Å². The van der Waals surface area contributed by atoms with Gasteiger partial charge in [0.1, 0.15) is 11.3 Å². The third-order valence-electron chi connectivity index (χ3n) is 3.71. The summed E-state index contributed by atoms with van der Waals surface area (Å²) in [4.78, 5) is 23.4. The van der Waals surface area contributed by atoms with E-state index in [1.807, 2.05) is 6.92 Å². The molecule has 1 aromatic carbocycles. The van der Waals surface area contributed by atoms with E-state index in [1.54, 1.807) is 12.1 Å². The second-order valence-corrected chi connectivity index (χ2v) is 8.15. The summed E-state index contributed by atoms with van der Waals surface area (Å²) in [6.07, 6.45) is 2.70. The minimum Gasteiger partial charge on any atom is -0.494 e. The Hall–Kier alpha value is -2.09. The van der Waals surface area contributed by atoms with E-state index < -0.39 is 21.3 Å². The largest absolute Gasteiger partial charge is 0.494 e. The lowest BCUT2D eigenvalue weighted by molar-refractivity contribution is -0.147. The highest BCUT2D eigenvalue weighted by atomic mass is 32.2. The normalized spacial score (nSPS) is 13.7. The van der Waals surface area contributed by atoms with Gasteiger partial charge in [-0.05, 0) is 44.0 Å². The van der Waals surface area contributed by atoms with Crippen molar-refractivity contribution in [3.63, 3.8) is 0 Å². The van der Waals surface area contributed by atoms with Gasteiger partial charge in [-0.25, -0.2) is 13.2 Å². The van der Waals surface area contributed by atoms with Crippen LogP contribution < -0.4 is 10.1 Å². The van der Waals surface area contributed by atoms with Gasteiger partial charge in [0.15, 0.2) is 9.84 Å². The highest BCUT2D eigenvalue weighted by Crippen LogP contribution is 2.16. The van der Waals surface area contributed by atoms with Crippen LogP contribution in [0.25, 0.3) is 0 Å². The fourth-order valence-electron chi connectivity index (χ4n) is 2.30. The van der Waals surface area contributed by atoms with Crippen LogP contribution >= 0.6 is 0 Å². The second-order valence-electron chi connectivity index (χ2n) is 6.13. The van der Waals surface area contributed by atoms with Crippen LogP contribution in [0.1, 0.15) is 39.5 Å². The number of carbonyl (C=O) groups is 2. The highest BCUT2D eigenvalue weighted by molar-refractivity contribution is 7.90. The summed E-state index contributed by atoms with van der Waals surface area (Å²) in [5, 5.41) is 11.8. The van der Waals surface area contributed by atoms with Crippen molar-refractivity contribution < 1.29 is 27.9 Å². The predicted molar refractivity (Wildman–Crippen MR) is 93.4 cm³/mol. The van der Waals surface area contributed by atoms with Crippen LogP contribution in [0, 0.1) is 0 Å². The standard InChI is InChI=1S/C17H25NO6S/c1-4-11-17(2,16(20)21)18-15(19)6-5-12-24-13-7-9-14(10-8-13)25(3,22)23/h7-10H,4-6,11-12H2,1-3H3,(H,18,19)(H,20,21)/t17-/m1/s1. The Labute approximate surface area is 148 Å². The van der Waals surface area contributed by atoms with Crippen LogP contribution in [0.3, 0.4) is 0 Å².